The summed E-state index contributed by atoms with van der Waals surface area (Å²) < 4.78 is 10.6. The van der Waals surface area contributed by atoms with Crippen LogP contribution in [-0.2, 0) is 14.3 Å². The van der Waals surface area contributed by atoms with Crippen LogP contribution in [0, 0.1) is 5.41 Å². The Hall–Kier alpha value is -1.30. The molecule has 0 bridgehead atoms. The number of nitrogens with zero attached hydrogens (tertiary/aromatic N) is 1. The minimum Gasteiger partial charge on any atom is -0.464 e. The normalized spacial score (nSPS) is 24.4. The van der Waals surface area contributed by atoms with E-state index in [-0.39, 0.29) is 11.4 Å². The van der Waals surface area contributed by atoms with Crippen LogP contribution < -0.4 is 5.32 Å². The second-order valence-electron chi connectivity index (χ2n) is 7.33. The number of ether oxygens (including phenoxy) is 2. The molecule has 126 valence electrons. The molecule has 22 heavy (non-hydrogen) atoms. The molecule has 2 heterocycles. The first-order chi connectivity index (χ1) is 10.3. The van der Waals surface area contributed by atoms with E-state index >= 15 is 0 Å². The molecule has 0 saturated carbocycles. The molecule has 2 saturated heterocycles. The molecule has 1 amide bonds. The molecule has 2 aliphatic heterocycles. The van der Waals surface area contributed by atoms with E-state index in [9.17, 15) is 9.59 Å². The van der Waals surface area contributed by atoms with Crippen LogP contribution in [0.2, 0.25) is 0 Å². The SMILES string of the molecule is CCOC(=O)[C@H]1CC2(CCNCC2)CN1C(=O)OC(C)(C)C. The summed E-state index contributed by atoms with van der Waals surface area (Å²) in [5, 5.41) is 3.34. The van der Waals surface area contributed by atoms with Crippen LogP contribution >= 0.6 is 0 Å². The first-order valence-corrected chi connectivity index (χ1v) is 8.13. The zero-order valence-electron chi connectivity index (χ0n) is 14.1. The fourth-order valence-corrected chi connectivity index (χ4v) is 3.34. The lowest BCUT2D eigenvalue weighted by atomic mass is 9.77. The number of likely N-dealkylation sites (tertiary alicyclic amines) is 1. The van der Waals surface area contributed by atoms with Crippen molar-refractivity contribution in [3.05, 3.63) is 0 Å². The third-order valence-electron chi connectivity index (χ3n) is 4.36. The summed E-state index contributed by atoms with van der Waals surface area (Å²) in [6.45, 7) is 10.0. The van der Waals surface area contributed by atoms with E-state index in [1.54, 1.807) is 11.8 Å². The van der Waals surface area contributed by atoms with E-state index in [0.717, 1.165) is 25.9 Å². The van der Waals surface area contributed by atoms with Gasteiger partial charge in [0, 0.05) is 6.54 Å². The van der Waals surface area contributed by atoms with Gasteiger partial charge in [-0.15, -0.1) is 0 Å². The molecule has 1 spiro atoms. The lowest BCUT2D eigenvalue weighted by molar-refractivity contribution is -0.148. The van der Waals surface area contributed by atoms with Gasteiger partial charge < -0.3 is 14.8 Å². The summed E-state index contributed by atoms with van der Waals surface area (Å²) in [4.78, 5) is 26.3. The van der Waals surface area contributed by atoms with Crippen LogP contribution in [0.4, 0.5) is 4.79 Å². The highest BCUT2D eigenvalue weighted by molar-refractivity contribution is 5.82. The number of nitrogens with one attached hydrogen (secondary N) is 1. The van der Waals surface area contributed by atoms with Gasteiger partial charge in [-0.05, 0) is 65.5 Å². The molecule has 6 heteroatoms. The van der Waals surface area contributed by atoms with Crippen LogP contribution in [-0.4, -0.2) is 54.8 Å². The van der Waals surface area contributed by atoms with E-state index in [1.807, 2.05) is 20.8 Å². The molecule has 0 aliphatic carbocycles. The average Bonchev–Trinajstić information content (AvgIpc) is 2.78. The largest absolute Gasteiger partial charge is 0.464 e. The Bertz CT molecular complexity index is 424. The Kier molecular flexibility index (Phi) is 5.00. The smallest absolute Gasteiger partial charge is 0.411 e. The minimum atomic E-state index is -0.569. The maximum absolute atomic E-state index is 12.5. The monoisotopic (exact) mass is 312 g/mol. The molecule has 0 radical (unpaired) electrons. The van der Waals surface area contributed by atoms with Gasteiger partial charge in [-0.1, -0.05) is 0 Å². The van der Waals surface area contributed by atoms with Crippen molar-refractivity contribution < 1.29 is 19.1 Å². The molecule has 1 atom stereocenters. The van der Waals surface area contributed by atoms with Crippen molar-refractivity contribution in [3.63, 3.8) is 0 Å². The van der Waals surface area contributed by atoms with Crippen molar-refractivity contribution in [1.82, 2.24) is 10.2 Å². The van der Waals surface area contributed by atoms with Gasteiger partial charge in [-0.25, -0.2) is 9.59 Å². The summed E-state index contributed by atoms with van der Waals surface area (Å²) >= 11 is 0. The average molecular weight is 312 g/mol. The molecule has 0 aromatic rings. The van der Waals surface area contributed by atoms with E-state index in [1.165, 1.54) is 0 Å². The van der Waals surface area contributed by atoms with E-state index in [0.29, 0.717) is 19.6 Å². The molecule has 0 aromatic heterocycles. The van der Waals surface area contributed by atoms with Crippen LogP contribution in [0.1, 0.15) is 47.0 Å². The highest BCUT2D eigenvalue weighted by Gasteiger charge is 2.50. The first kappa shape index (κ1) is 17.1. The second kappa shape index (κ2) is 6.44. The predicted molar refractivity (Wildman–Crippen MR) is 82.5 cm³/mol. The van der Waals surface area contributed by atoms with Crippen molar-refractivity contribution in [1.29, 1.82) is 0 Å². The van der Waals surface area contributed by atoms with Gasteiger partial charge >= 0.3 is 12.1 Å². The maximum atomic E-state index is 12.5. The fraction of sp³-hybridized carbons (Fsp3) is 0.875. The lowest BCUT2D eigenvalue weighted by Crippen LogP contribution is -2.44. The van der Waals surface area contributed by atoms with E-state index in [2.05, 4.69) is 5.32 Å². The van der Waals surface area contributed by atoms with Crippen molar-refractivity contribution >= 4 is 12.1 Å². The van der Waals surface area contributed by atoms with Crippen molar-refractivity contribution in [3.8, 4) is 0 Å². The Morgan fingerprint density at radius 1 is 1.27 bits per heavy atom. The standard InChI is InChI=1S/C16H28N2O4/c1-5-21-13(19)12-10-16(6-8-17-9-7-16)11-18(12)14(20)22-15(2,3)4/h12,17H,5-11H2,1-4H3/t12-/m1/s1. The fourth-order valence-electron chi connectivity index (χ4n) is 3.34. The number of amides is 1. The van der Waals surface area contributed by atoms with Crippen molar-refractivity contribution in [2.45, 2.75) is 58.6 Å². The Morgan fingerprint density at radius 3 is 2.45 bits per heavy atom. The van der Waals surface area contributed by atoms with Crippen LogP contribution in [0.3, 0.4) is 0 Å². The lowest BCUT2D eigenvalue weighted by Gasteiger charge is -2.33. The Balaban J connectivity index is 2.15. The molecular formula is C16H28N2O4. The molecule has 2 fully saturated rings. The van der Waals surface area contributed by atoms with E-state index < -0.39 is 17.7 Å². The highest BCUT2D eigenvalue weighted by atomic mass is 16.6. The molecule has 2 aliphatic rings. The quantitative estimate of drug-likeness (QED) is 0.789. The number of carbonyl (C=O) groups excluding carboxylic acids is 2. The number of carbonyl (C=O) groups is 2. The van der Waals surface area contributed by atoms with Crippen molar-refractivity contribution in [2.24, 2.45) is 5.41 Å². The molecule has 2 rings (SSSR count). The number of esters is 1. The summed E-state index contributed by atoms with van der Waals surface area (Å²) in [6, 6.07) is -0.520. The van der Waals surface area contributed by atoms with Gasteiger partial charge in [0.25, 0.3) is 0 Å². The zero-order valence-corrected chi connectivity index (χ0v) is 14.1. The van der Waals surface area contributed by atoms with Crippen molar-refractivity contribution in [2.75, 3.05) is 26.2 Å². The molecule has 0 aromatic carbocycles. The number of rotatable bonds is 2. The van der Waals surface area contributed by atoms with Crippen LogP contribution in [0.5, 0.6) is 0 Å². The first-order valence-electron chi connectivity index (χ1n) is 8.13. The predicted octanol–water partition coefficient (Wildman–Crippen LogP) is 1.93. The number of hydrogen-bond acceptors (Lipinski definition) is 5. The zero-order chi connectivity index (χ0) is 16.4. The summed E-state index contributed by atoms with van der Waals surface area (Å²) in [5.41, 5.74) is -0.556. The van der Waals surface area contributed by atoms with Gasteiger partial charge in [0.15, 0.2) is 0 Å². The molecule has 0 unspecified atom stereocenters. The molecular weight excluding hydrogens is 284 g/mol. The van der Waals surface area contributed by atoms with Crippen LogP contribution in [0.25, 0.3) is 0 Å². The number of piperidine rings is 1. The van der Waals surface area contributed by atoms with Crippen LogP contribution in [0.15, 0.2) is 0 Å². The molecule has 6 nitrogen and oxygen atoms in total. The van der Waals surface area contributed by atoms with E-state index in [4.69, 9.17) is 9.47 Å². The Labute approximate surface area is 132 Å². The Morgan fingerprint density at radius 2 is 1.91 bits per heavy atom. The van der Waals surface area contributed by atoms with Gasteiger partial charge in [0.05, 0.1) is 6.61 Å². The van der Waals surface area contributed by atoms with Gasteiger partial charge in [-0.3, -0.25) is 4.90 Å². The van der Waals surface area contributed by atoms with Gasteiger partial charge in [0.2, 0.25) is 0 Å². The minimum absolute atomic E-state index is 0.0135. The topological polar surface area (TPSA) is 67.9 Å². The highest BCUT2D eigenvalue weighted by Crippen LogP contribution is 2.42. The summed E-state index contributed by atoms with van der Waals surface area (Å²) in [7, 11) is 0. The maximum Gasteiger partial charge on any atom is 0.411 e. The van der Waals surface area contributed by atoms with Gasteiger partial charge in [0.1, 0.15) is 11.6 Å². The molecule has 1 N–H and O–H groups in total. The van der Waals surface area contributed by atoms with Gasteiger partial charge in [-0.2, -0.15) is 0 Å². The summed E-state index contributed by atoms with van der Waals surface area (Å²) in [5.74, 6) is -0.316. The number of hydrogen-bond donors (Lipinski definition) is 1. The third-order valence-corrected chi connectivity index (χ3v) is 4.36. The second-order valence-corrected chi connectivity index (χ2v) is 7.33. The summed E-state index contributed by atoms with van der Waals surface area (Å²) in [6.07, 6.45) is 2.21. The third kappa shape index (κ3) is 3.91.